The molecule has 2 heterocycles. The van der Waals surface area contributed by atoms with Crippen molar-refractivity contribution in [3.05, 3.63) is 46.1 Å². The fourth-order valence-electron chi connectivity index (χ4n) is 2.21. The Labute approximate surface area is 107 Å². The molecule has 0 bridgehead atoms. The largest absolute Gasteiger partial charge is 0.493 e. The van der Waals surface area contributed by atoms with Crippen LogP contribution in [-0.4, -0.2) is 25.1 Å². The molecule has 0 unspecified atom stereocenters. The molecule has 2 rings (SSSR count). The minimum absolute atomic E-state index is 0.00684. The maximum atomic E-state index is 9.02. The zero-order chi connectivity index (χ0) is 13.3. The molecule has 0 aromatic rings. The van der Waals surface area contributed by atoms with Gasteiger partial charge in [-0.1, -0.05) is 6.08 Å². The second kappa shape index (κ2) is 4.90. The molecular formula is C14H18O4. The Morgan fingerprint density at radius 2 is 2.17 bits per heavy atom. The van der Waals surface area contributed by atoms with Gasteiger partial charge in [0.2, 0.25) is 0 Å². The van der Waals surface area contributed by atoms with Crippen LogP contribution in [0.25, 0.3) is 0 Å². The van der Waals surface area contributed by atoms with Gasteiger partial charge in [0, 0.05) is 0 Å². The van der Waals surface area contributed by atoms with Gasteiger partial charge in [0.15, 0.2) is 5.76 Å². The Bertz CT molecular complexity index is 480. The highest BCUT2D eigenvalue weighted by atomic mass is 16.7. The van der Waals surface area contributed by atoms with Crippen molar-refractivity contribution in [2.24, 2.45) is 0 Å². The summed E-state index contributed by atoms with van der Waals surface area (Å²) in [6.07, 6.45) is 3.26. The molecule has 0 aromatic carbocycles. The van der Waals surface area contributed by atoms with E-state index in [2.05, 4.69) is 0 Å². The Kier molecular flexibility index (Phi) is 3.48. The molecule has 4 heteroatoms. The van der Waals surface area contributed by atoms with E-state index in [9.17, 15) is 0 Å². The first-order valence-corrected chi connectivity index (χ1v) is 5.87. The highest BCUT2D eigenvalue weighted by Crippen LogP contribution is 2.40. The van der Waals surface area contributed by atoms with Crippen LogP contribution in [-0.2, 0) is 14.2 Å². The molecule has 0 amide bonds. The molecule has 0 fully saturated rings. The number of ether oxygens (including phenoxy) is 3. The molecule has 4 nitrogen and oxygen atoms in total. The van der Waals surface area contributed by atoms with Crippen LogP contribution in [0.15, 0.2) is 46.1 Å². The minimum atomic E-state index is -0.443. The van der Waals surface area contributed by atoms with Crippen molar-refractivity contribution in [2.45, 2.75) is 27.1 Å². The van der Waals surface area contributed by atoms with Crippen molar-refractivity contribution >= 4 is 0 Å². The monoisotopic (exact) mass is 250 g/mol. The van der Waals surface area contributed by atoms with E-state index in [-0.39, 0.29) is 6.61 Å². The molecule has 0 saturated heterocycles. The highest BCUT2D eigenvalue weighted by Gasteiger charge is 2.36. The lowest BCUT2D eigenvalue weighted by Crippen LogP contribution is -2.19. The molecule has 98 valence electrons. The van der Waals surface area contributed by atoms with Gasteiger partial charge in [-0.2, -0.15) is 0 Å². The molecule has 0 aliphatic carbocycles. The summed E-state index contributed by atoms with van der Waals surface area (Å²) in [6, 6.07) is 0. The van der Waals surface area contributed by atoms with Crippen LogP contribution >= 0.6 is 0 Å². The number of aliphatic hydroxyl groups excluding tert-OH is 1. The molecular weight excluding hydrogens is 232 g/mol. The van der Waals surface area contributed by atoms with Crippen molar-refractivity contribution in [3.63, 3.8) is 0 Å². The minimum Gasteiger partial charge on any atom is -0.493 e. The van der Waals surface area contributed by atoms with Crippen LogP contribution in [0, 0.1) is 0 Å². The summed E-state index contributed by atoms with van der Waals surface area (Å²) < 4.78 is 16.7. The van der Waals surface area contributed by atoms with Crippen molar-refractivity contribution in [2.75, 3.05) is 13.7 Å². The number of rotatable bonds is 3. The number of hydrogen-bond acceptors (Lipinski definition) is 4. The van der Waals surface area contributed by atoms with E-state index in [1.54, 1.807) is 13.2 Å². The Hall–Kier alpha value is -1.68. The van der Waals surface area contributed by atoms with Crippen LogP contribution < -0.4 is 0 Å². The summed E-state index contributed by atoms with van der Waals surface area (Å²) in [7, 11) is 1.62. The lowest BCUT2D eigenvalue weighted by atomic mass is 9.97. The van der Waals surface area contributed by atoms with Gasteiger partial charge in [-0.15, -0.1) is 0 Å². The molecule has 0 spiro atoms. The number of fused-ring (bicyclic) bond motifs is 1. The van der Waals surface area contributed by atoms with Crippen molar-refractivity contribution in [1.82, 2.24) is 0 Å². The number of hydrogen-bond donors (Lipinski definition) is 1. The van der Waals surface area contributed by atoms with E-state index >= 15 is 0 Å². The second-order valence-corrected chi connectivity index (χ2v) is 4.31. The summed E-state index contributed by atoms with van der Waals surface area (Å²) in [5, 5.41) is 9.02. The van der Waals surface area contributed by atoms with Gasteiger partial charge in [0.25, 0.3) is 6.29 Å². The van der Waals surface area contributed by atoms with Crippen LogP contribution in [0.4, 0.5) is 0 Å². The Morgan fingerprint density at radius 1 is 1.44 bits per heavy atom. The number of aliphatic hydroxyl groups is 1. The van der Waals surface area contributed by atoms with E-state index in [1.165, 1.54) is 0 Å². The van der Waals surface area contributed by atoms with Crippen molar-refractivity contribution in [1.29, 1.82) is 0 Å². The molecule has 0 radical (unpaired) electrons. The zero-order valence-corrected chi connectivity index (χ0v) is 11.1. The molecule has 2 aliphatic rings. The van der Waals surface area contributed by atoms with Gasteiger partial charge in [0.1, 0.15) is 5.76 Å². The predicted molar refractivity (Wildman–Crippen MR) is 67.3 cm³/mol. The van der Waals surface area contributed by atoms with Gasteiger partial charge < -0.3 is 19.3 Å². The number of methoxy groups -OCH3 is 1. The van der Waals surface area contributed by atoms with Crippen molar-refractivity contribution in [3.8, 4) is 0 Å². The van der Waals surface area contributed by atoms with Gasteiger partial charge >= 0.3 is 0 Å². The van der Waals surface area contributed by atoms with E-state index in [1.807, 2.05) is 26.8 Å². The lowest BCUT2D eigenvalue weighted by Gasteiger charge is -2.23. The Morgan fingerprint density at radius 3 is 2.78 bits per heavy atom. The SMILES string of the molecule is COC1=C(C)O[C@H]2OC(C)=CC(C(C)=CCO)=C12. The predicted octanol–water partition coefficient (Wildman–Crippen LogP) is 2.39. The van der Waals surface area contributed by atoms with Gasteiger partial charge in [-0.05, 0) is 38.0 Å². The summed E-state index contributed by atoms with van der Waals surface area (Å²) in [6.45, 7) is 5.69. The first-order valence-electron chi connectivity index (χ1n) is 5.87. The first kappa shape index (κ1) is 12.8. The quantitative estimate of drug-likeness (QED) is 0.835. The fraction of sp³-hybridized carbons (Fsp3) is 0.429. The van der Waals surface area contributed by atoms with Gasteiger partial charge in [0.05, 0.1) is 25.0 Å². The highest BCUT2D eigenvalue weighted by molar-refractivity contribution is 5.53. The fourth-order valence-corrected chi connectivity index (χ4v) is 2.21. The first-order chi connectivity index (χ1) is 8.58. The normalized spacial score (nSPS) is 23.5. The maximum Gasteiger partial charge on any atom is 0.271 e. The van der Waals surface area contributed by atoms with E-state index in [0.717, 1.165) is 28.2 Å². The average Bonchev–Trinajstić information content (AvgIpc) is 2.63. The van der Waals surface area contributed by atoms with Gasteiger partial charge in [-0.3, -0.25) is 0 Å². The zero-order valence-electron chi connectivity index (χ0n) is 11.1. The van der Waals surface area contributed by atoms with Crippen LogP contribution in [0.5, 0.6) is 0 Å². The molecule has 1 atom stereocenters. The third kappa shape index (κ3) is 2.04. The third-order valence-electron chi connectivity index (χ3n) is 3.04. The summed E-state index contributed by atoms with van der Waals surface area (Å²) in [5.74, 6) is 2.22. The standard InChI is InChI=1S/C14H18O4/c1-8(5-6-15)11-7-9(2)17-14-12(11)13(16-4)10(3)18-14/h5,7,14-15H,6H2,1-4H3/t14-/m1/s1. The molecule has 1 N–H and O–H groups in total. The van der Waals surface area contributed by atoms with Crippen LogP contribution in [0.1, 0.15) is 20.8 Å². The molecule has 2 aliphatic heterocycles. The molecule has 0 saturated carbocycles. The lowest BCUT2D eigenvalue weighted by molar-refractivity contribution is -0.0467. The second-order valence-electron chi connectivity index (χ2n) is 4.31. The summed E-state index contributed by atoms with van der Waals surface area (Å²) in [4.78, 5) is 0. The maximum absolute atomic E-state index is 9.02. The summed E-state index contributed by atoms with van der Waals surface area (Å²) in [5.41, 5.74) is 2.86. The topological polar surface area (TPSA) is 47.9 Å². The number of allylic oxidation sites excluding steroid dienone is 5. The average molecular weight is 250 g/mol. The smallest absolute Gasteiger partial charge is 0.271 e. The van der Waals surface area contributed by atoms with E-state index in [0.29, 0.717) is 5.76 Å². The third-order valence-corrected chi connectivity index (χ3v) is 3.04. The van der Waals surface area contributed by atoms with Crippen LogP contribution in [0.3, 0.4) is 0 Å². The molecule has 18 heavy (non-hydrogen) atoms. The van der Waals surface area contributed by atoms with Gasteiger partial charge in [-0.25, -0.2) is 0 Å². The van der Waals surface area contributed by atoms with Crippen LogP contribution in [0.2, 0.25) is 0 Å². The Balaban J connectivity index is 2.56. The van der Waals surface area contributed by atoms with E-state index < -0.39 is 6.29 Å². The van der Waals surface area contributed by atoms with E-state index in [4.69, 9.17) is 19.3 Å². The molecule has 0 aromatic heterocycles. The van der Waals surface area contributed by atoms with Crippen molar-refractivity contribution < 1.29 is 19.3 Å². The summed E-state index contributed by atoms with van der Waals surface area (Å²) >= 11 is 0.